The van der Waals surface area contributed by atoms with Gasteiger partial charge in [-0.25, -0.2) is 9.37 Å². The molecule has 1 fully saturated rings. The molecule has 1 aliphatic heterocycles. The fourth-order valence-electron chi connectivity index (χ4n) is 1.75. The summed E-state index contributed by atoms with van der Waals surface area (Å²) in [6.45, 7) is 3.86. The molecule has 16 heavy (non-hydrogen) atoms. The van der Waals surface area contributed by atoms with E-state index in [1.165, 1.54) is 6.07 Å². The van der Waals surface area contributed by atoms with Gasteiger partial charge in [0.05, 0.1) is 0 Å². The molecule has 3 nitrogen and oxygen atoms in total. The molecule has 0 aliphatic carbocycles. The van der Waals surface area contributed by atoms with Crippen molar-refractivity contribution < 1.29 is 9.13 Å². The lowest BCUT2D eigenvalue weighted by molar-refractivity contribution is 0.104. The highest BCUT2D eigenvalue weighted by Gasteiger charge is 2.24. The summed E-state index contributed by atoms with van der Waals surface area (Å²) in [6, 6.07) is 1.36. The van der Waals surface area contributed by atoms with Crippen LogP contribution >= 0.6 is 15.9 Å². The first kappa shape index (κ1) is 11.8. The lowest BCUT2D eigenvalue weighted by Gasteiger charge is -2.29. The highest BCUT2D eigenvalue weighted by molar-refractivity contribution is 9.10. The zero-order valence-corrected chi connectivity index (χ0v) is 10.6. The molecule has 0 spiro atoms. The maximum Gasteiger partial charge on any atom is 0.250 e. The third kappa shape index (κ3) is 2.71. The van der Waals surface area contributed by atoms with Gasteiger partial charge in [-0.05, 0) is 40.9 Å². The summed E-state index contributed by atoms with van der Waals surface area (Å²) in [6.07, 6.45) is 2.58. The lowest BCUT2D eigenvalue weighted by atomic mass is 9.97. The van der Waals surface area contributed by atoms with Gasteiger partial charge in [-0.3, -0.25) is 0 Å². The Balaban J connectivity index is 2.07. The minimum Gasteiger partial charge on any atom is -0.471 e. The number of piperidine rings is 1. The molecule has 1 aromatic heterocycles. The normalized spacial score (nSPS) is 25.4. The number of pyridine rings is 1. The van der Waals surface area contributed by atoms with Crippen molar-refractivity contribution >= 4 is 15.9 Å². The average Bonchev–Trinajstić information content (AvgIpc) is 2.25. The van der Waals surface area contributed by atoms with Gasteiger partial charge in [0.1, 0.15) is 6.10 Å². The standard InChI is InChI=1S/C11H14BrFN2O/c1-7-2-3-14-6-10(7)16-11-9(13)4-8(12)5-15-11/h4-5,7,10,14H,2-3,6H2,1H3. The summed E-state index contributed by atoms with van der Waals surface area (Å²) in [5, 5.41) is 3.23. The summed E-state index contributed by atoms with van der Waals surface area (Å²) < 4.78 is 19.7. The highest BCUT2D eigenvalue weighted by atomic mass is 79.9. The van der Waals surface area contributed by atoms with Gasteiger partial charge >= 0.3 is 0 Å². The molecule has 2 atom stereocenters. The van der Waals surface area contributed by atoms with E-state index in [2.05, 4.69) is 33.2 Å². The van der Waals surface area contributed by atoms with Crippen LogP contribution in [0, 0.1) is 11.7 Å². The molecule has 88 valence electrons. The monoisotopic (exact) mass is 288 g/mol. The van der Waals surface area contributed by atoms with E-state index < -0.39 is 5.82 Å². The molecule has 0 amide bonds. The van der Waals surface area contributed by atoms with Crippen LogP contribution in [0.15, 0.2) is 16.7 Å². The van der Waals surface area contributed by atoms with E-state index in [0.29, 0.717) is 10.4 Å². The Morgan fingerprint density at radius 2 is 2.44 bits per heavy atom. The number of ether oxygens (including phenoxy) is 1. The van der Waals surface area contributed by atoms with E-state index in [-0.39, 0.29) is 12.0 Å². The third-order valence-corrected chi connectivity index (χ3v) is 3.23. The molecule has 1 saturated heterocycles. The first-order chi connectivity index (χ1) is 7.66. The Morgan fingerprint density at radius 3 is 3.12 bits per heavy atom. The third-order valence-electron chi connectivity index (χ3n) is 2.79. The second kappa shape index (κ2) is 5.10. The smallest absolute Gasteiger partial charge is 0.250 e. The highest BCUT2D eigenvalue weighted by Crippen LogP contribution is 2.22. The molecule has 5 heteroatoms. The summed E-state index contributed by atoms with van der Waals surface area (Å²) in [7, 11) is 0. The van der Waals surface area contributed by atoms with E-state index in [1.807, 2.05) is 0 Å². The van der Waals surface area contributed by atoms with E-state index in [0.717, 1.165) is 19.5 Å². The van der Waals surface area contributed by atoms with Crippen LogP contribution < -0.4 is 10.1 Å². The van der Waals surface area contributed by atoms with Crippen molar-refractivity contribution in [2.45, 2.75) is 19.4 Å². The number of nitrogens with zero attached hydrogens (tertiary/aromatic N) is 1. The predicted molar refractivity (Wildman–Crippen MR) is 63.0 cm³/mol. The molecule has 2 heterocycles. The van der Waals surface area contributed by atoms with Crippen molar-refractivity contribution in [2.24, 2.45) is 5.92 Å². The fourth-order valence-corrected chi connectivity index (χ4v) is 2.05. The second-order valence-electron chi connectivity index (χ2n) is 4.07. The van der Waals surface area contributed by atoms with E-state index in [4.69, 9.17) is 4.74 Å². The van der Waals surface area contributed by atoms with Gasteiger partial charge in [-0.1, -0.05) is 6.92 Å². The van der Waals surface area contributed by atoms with Crippen LogP contribution in [0.2, 0.25) is 0 Å². The van der Waals surface area contributed by atoms with Gasteiger partial charge in [0.15, 0.2) is 5.82 Å². The van der Waals surface area contributed by atoms with Gasteiger partial charge in [0.25, 0.3) is 5.88 Å². The average molecular weight is 289 g/mol. The Morgan fingerprint density at radius 1 is 1.62 bits per heavy atom. The van der Waals surface area contributed by atoms with Crippen LogP contribution in [0.3, 0.4) is 0 Å². The molecule has 1 aliphatic rings. The molecule has 2 unspecified atom stereocenters. The summed E-state index contributed by atoms with van der Waals surface area (Å²) in [4.78, 5) is 3.93. The molecular formula is C11H14BrFN2O. The number of rotatable bonds is 2. The molecule has 0 bridgehead atoms. The van der Waals surface area contributed by atoms with Crippen LogP contribution in [0.5, 0.6) is 5.88 Å². The molecular weight excluding hydrogens is 275 g/mol. The lowest BCUT2D eigenvalue weighted by Crippen LogP contribution is -2.43. The quantitative estimate of drug-likeness (QED) is 0.907. The first-order valence-electron chi connectivity index (χ1n) is 5.35. The van der Waals surface area contributed by atoms with Crippen LogP contribution in [-0.2, 0) is 0 Å². The molecule has 0 aromatic carbocycles. The van der Waals surface area contributed by atoms with Crippen LogP contribution in [0.4, 0.5) is 4.39 Å². The Labute approximate surface area is 103 Å². The van der Waals surface area contributed by atoms with Crippen LogP contribution in [-0.4, -0.2) is 24.2 Å². The topological polar surface area (TPSA) is 34.1 Å². The number of nitrogens with one attached hydrogen (secondary N) is 1. The minimum atomic E-state index is -0.424. The van der Waals surface area contributed by atoms with Gasteiger partial charge in [0.2, 0.25) is 0 Å². The predicted octanol–water partition coefficient (Wildman–Crippen LogP) is 2.36. The van der Waals surface area contributed by atoms with Crippen molar-refractivity contribution in [1.82, 2.24) is 10.3 Å². The summed E-state index contributed by atoms with van der Waals surface area (Å²) in [5.74, 6) is 0.0852. The SMILES string of the molecule is CC1CCNCC1Oc1ncc(Br)cc1F. The first-order valence-corrected chi connectivity index (χ1v) is 6.14. The summed E-state index contributed by atoms with van der Waals surface area (Å²) in [5.41, 5.74) is 0. The van der Waals surface area contributed by atoms with Crippen molar-refractivity contribution in [3.63, 3.8) is 0 Å². The molecule has 1 aromatic rings. The number of hydrogen-bond donors (Lipinski definition) is 1. The zero-order valence-electron chi connectivity index (χ0n) is 9.04. The Bertz CT molecular complexity index is 375. The van der Waals surface area contributed by atoms with Crippen LogP contribution in [0.1, 0.15) is 13.3 Å². The van der Waals surface area contributed by atoms with Gasteiger partial charge in [0, 0.05) is 17.2 Å². The van der Waals surface area contributed by atoms with Crippen molar-refractivity contribution in [2.75, 3.05) is 13.1 Å². The number of halogens is 2. The molecule has 2 rings (SSSR count). The van der Waals surface area contributed by atoms with Gasteiger partial charge < -0.3 is 10.1 Å². The number of aromatic nitrogens is 1. The van der Waals surface area contributed by atoms with Crippen molar-refractivity contribution in [3.05, 3.63) is 22.6 Å². The summed E-state index contributed by atoms with van der Waals surface area (Å²) >= 11 is 3.16. The maximum absolute atomic E-state index is 13.5. The van der Waals surface area contributed by atoms with Crippen molar-refractivity contribution in [1.29, 1.82) is 0 Å². The van der Waals surface area contributed by atoms with Crippen molar-refractivity contribution in [3.8, 4) is 5.88 Å². The van der Waals surface area contributed by atoms with Gasteiger partial charge in [-0.15, -0.1) is 0 Å². The zero-order chi connectivity index (χ0) is 11.5. The Hall–Kier alpha value is -0.680. The van der Waals surface area contributed by atoms with E-state index in [1.54, 1.807) is 6.20 Å². The van der Waals surface area contributed by atoms with E-state index >= 15 is 0 Å². The van der Waals surface area contributed by atoms with E-state index in [9.17, 15) is 4.39 Å². The molecule has 0 radical (unpaired) electrons. The number of hydrogen-bond acceptors (Lipinski definition) is 3. The van der Waals surface area contributed by atoms with Gasteiger partial charge in [-0.2, -0.15) is 0 Å². The molecule has 0 saturated carbocycles. The Kier molecular flexibility index (Phi) is 3.76. The minimum absolute atomic E-state index is 0.00285. The second-order valence-corrected chi connectivity index (χ2v) is 4.98. The largest absolute Gasteiger partial charge is 0.471 e. The maximum atomic E-state index is 13.5. The molecule has 1 N–H and O–H groups in total. The van der Waals surface area contributed by atoms with Crippen LogP contribution in [0.25, 0.3) is 0 Å². The fraction of sp³-hybridized carbons (Fsp3) is 0.545.